The molecule has 6 heteroatoms. The third kappa shape index (κ3) is 3.97. The van der Waals surface area contributed by atoms with Crippen molar-refractivity contribution >= 4 is 6.16 Å². The summed E-state index contributed by atoms with van der Waals surface area (Å²) < 4.78 is 46.7. The second-order valence-electron chi connectivity index (χ2n) is 3.51. The topological polar surface area (TPSA) is 35.5 Å². The highest BCUT2D eigenvalue weighted by Gasteiger charge is 2.34. The molecule has 0 bridgehead atoms. The summed E-state index contributed by atoms with van der Waals surface area (Å²) in [7, 11) is 0. The first kappa shape index (κ1) is 13.3. The SMILES string of the molecule is CC(C)OC(=O)Oc1ccccc1C(F)(F)F. The minimum Gasteiger partial charge on any atom is -0.431 e. The molecule has 0 heterocycles. The minimum atomic E-state index is -4.57. The van der Waals surface area contributed by atoms with Crippen LogP contribution in [0, 0.1) is 0 Å². The van der Waals surface area contributed by atoms with Gasteiger partial charge in [0.05, 0.1) is 11.7 Å². The van der Waals surface area contributed by atoms with Crippen LogP contribution in [0.1, 0.15) is 19.4 Å². The van der Waals surface area contributed by atoms with E-state index in [0.717, 1.165) is 12.1 Å². The summed E-state index contributed by atoms with van der Waals surface area (Å²) in [6.07, 6.45) is -6.19. The van der Waals surface area contributed by atoms with Crippen molar-refractivity contribution in [3.05, 3.63) is 29.8 Å². The number of carbonyl (C=O) groups excluding carboxylic acids is 1. The Bertz CT molecular complexity index is 399. The van der Waals surface area contributed by atoms with E-state index in [9.17, 15) is 18.0 Å². The van der Waals surface area contributed by atoms with Crippen molar-refractivity contribution < 1.29 is 27.4 Å². The van der Waals surface area contributed by atoms with E-state index in [1.165, 1.54) is 12.1 Å². The largest absolute Gasteiger partial charge is 0.514 e. The third-order valence-corrected chi connectivity index (χ3v) is 1.72. The van der Waals surface area contributed by atoms with Crippen LogP contribution in [0.5, 0.6) is 5.75 Å². The maximum atomic E-state index is 12.5. The summed E-state index contributed by atoms with van der Waals surface area (Å²) in [5.41, 5.74) is -1.01. The molecule has 0 aliphatic carbocycles. The van der Waals surface area contributed by atoms with E-state index in [-0.39, 0.29) is 0 Å². The second-order valence-corrected chi connectivity index (χ2v) is 3.51. The predicted molar refractivity (Wildman–Crippen MR) is 53.7 cm³/mol. The van der Waals surface area contributed by atoms with Gasteiger partial charge in [0.1, 0.15) is 5.75 Å². The molecule has 0 N–H and O–H groups in total. The van der Waals surface area contributed by atoms with Crippen LogP contribution in [-0.4, -0.2) is 12.3 Å². The monoisotopic (exact) mass is 248 g/mol. The molecule has 1 aromatic rings. The van der Waals surface area contributed by atoms with Crippen LogP contribution in [0.4, 0.5) is 18.0 Å². The van der Waals surface area contributed by atoms with Gasteiger partial charge in [0.2, 0.25) is 0 Å². The molecule has 0 aromatic heterocycles. The lowest BCUT2D eigenvalue weighted by Crippen LogP contribution is -2.17. The fraction of sp³-hybridized carbons (Fsp3) is 0.364. The summed E-state index contributed by atoms with van der Waals surface area (Å²) in [5.74, 6) is -0.564. The first-order valence-electron chi connectivity index (χ1n) is 4.85. The summed E-state index contributed by atoms with van der Waals surface area (Å²) in [4.78, 5) is 11.1. The quantitative estimate of drug-likeness (QED) is 0.592. The summed E-state index contributed by atoms with van der Waals surface area (Å²) >= 11 is 0. The lowest BCUT2D eigenvalue weighted by Gasteiger charge is -2.13. The molecular formula is C11H11F3O3. The standard InChI is InChI=1S/C11H11F3O3/c1-7(2)16-10(15)17-9-6-4-3-5-8(9)11(12,13)14/h3-7H,1-2H3. The Morgan fingerprint density at radius 3 is 2.35 bits per heavy atom. The van der Waals surface area contributed by atoms with E-state index in [4.69, 9.17) is 0 Å². The molecule has 0 radical (unpaired) electrons. The van der Waals surface area contributed by atoms with Crippen LogP contribution in [0.15, 0.2) is 24.3 Å². The number of hydrogen-bond donors (Lipinski definition) is 0. The van der Waals surface area contributed by atoms with Gasteiger partial charge in [-0.25, -0.2) is 4.79 Å². The van der Waals surface area contributed by atoms with Gasteiger partial charge in [-0.1, -0.05) is 12.1 Å². The Hall–Kier alpha value is -1.72. The third-order valence-electron chi connectivity index (χ3n) is 1.72. The van der Waals surface area contributed by atoms with Gasteiger partial charge in [-0.05, 0) is 26.0 Å². The van der Waals surface area contributed by atoms with Crippen LogP contribution < -0.4 is 4.74 Å². The van der Waals surface area contributed by atoms with Crippen LogP contribution in [0.3, 0.4) is 0 Å². The molecule has 0 unspecified atom stereocenters. The normalized spacial score (nSPS) is 11.4. The minimum absolute atomic E-state index is 0.458. The number of ether oxygens (including phenoxy) is 2. The lowest BCUT2D eigenvalue weighted by atomic mass is 10.2. The Labute approximate surface area is 96.1 Å². The molecule has 3 nitrogen and oxygen atoms in total. The molecular weight excluding hydrogens is 237 g/mol. The van der Waals surface area contributed by atoms with Crippen molar-refractivity contribution in [3.63, 3.8) is 0 Å². The molecule has 0 spiro atoms. The molecule has 1 aromatic carbocycles. The molecule has 0 aliphatic rings. The number of hydrogen-bond acceptors (Lipinski definition) is 3. The zero-order valence-corrected chi connectivity index (χ0v) is 9.25. The number of para-hydroxylation sites is 1. The summed E-state index contributed by atoms with van der Waals surface area (Å²) in [6, 6.07) is 4.44. The van der Waals surface area contributed by atoms with Crippen LogP contribution in [0.25, 0.3) is 0 Å². The number of carbonyl (C=O) groups is 1. The van der Waals surface area contributed by atoms with Gasteiger partial charge in [-0.15, -0.1) is 0 Å². The maximum Gasteiger partial charge on any atom is 0.514 e. The van der Waals surface area contributed by atoms with E-state index in [0.29, 0.717) is 0 Å². The van der Waals surface area contributed by atoms with Crippen LogP contribution in [-0.2, 0) is 10.9 Å². The summed E-state index contributed by atoms with van der Waals surface area (Å²) in [6.45, 7) is 3.13. The van der Waals surface area contributed by atoms with Crippen molar-refractivity contribution in [3.8, 4) is 5.75 Å². The number of halogens is 3. The molecule has 0 aliphatic heterocycles. The fourth-order valence-electron chi connectivity index (χ4n) is 1.10. The zero-order chi connectivity index (χ0) is 13.1. The molecule has 1 rings (SSSR count). The lowest BCUT2D eigenvalue weighted by molar-refractivity contribution is -0.138. The van der Waals surface area contributed by atoms with E-state index in [2.05, 4.69) is 9.47 Å². The number of alkyl halides is 3. The molecule has 0 fully saturated rings. The Balaban J connectivity index is 2.88. The Morgan fingerprint density at radius 1 is 1.24 bits per heavy atom. The molecule has 0 atom stereocenters. The van der Waals surface area contributed by atoms with E-state index < -0.39 is 29.7 Å². The fourth-order valence-corrected chi connectivity index (χ4v) is 1.10. The molecule has 94 valence electrons. The molecule has 0 saturated heterocycles. The van der Waals surface area contributed by atoms with Crippen LogP contribution >= 0.6 is 0 Å². The Kier molecular flexibility index (Phi) is 3.98. The van der Waals surface area contributed by atoms with Gasteiger partial charge < -0.3 is 9.47 Å². The van der Waals surface area contributed by atoms with Gasteiger partial charge in [0.25, 0.3) is 0 Å². The molecule has 0 amide bonds. The van der Waals surface area contributed by atoms with E-state index >= 15 is 0 Å². The number of benzene rings is 1. The highest BCUT2D eigenvalue weighted by molar-refractivity contribution is 5.64. The van der Waals surface area contributed by atoms with Crippen LogP contribution in [0.2, 0.25) is 0 Å². The van der Waals surface area contributed by atoms with Gasteiger partial charge >= 0.3 is 12.3 Å². The molecule has 17 heavy (non-hydrogen) atoms. The Morgan fingerprint density at radius 2 is 1.82 bits per heavy atom. The van der Waals surface area contributed by atoms with Gasteiger partial charge in [0, 0.05) is 0 Å². The van der Waals surface area contributed by atoms with Gasteiger partial charge in [0.15, 0.2) is 0 Å². The van der Waals surface area contributed by atoms with Crippen molar-refractivity contribution in [2.75, 3.05) is 0 Å². The maximum absolute atomic E-state index is 12.5. The van der Waals surface area contributed by atoms with Gasteiger partial charge in [-0.2, -0.15) is 13.2 Å². The van der Waals surface area contributed by atoms with Crippen molar-refractivity contribution in [2.24, 2.45) is 0 Å². The smallest absolute Gasteiger partial charge is 0.431 e. The average molecular weight is 248 g/mol. The highest BCUT2D eigenvalue weighted by atomic mass is 19.4. The molecule has 0 saturated carbocycles. The van der Waals surface area contributed by atoms with E-state index in [1.54, 1.807) is 13.8 Å². The van der Waals surface area contributed by atoms with Crippen molar-refractivity contribution in [1.82, 2.24) is 0 Å². The van der Waals surface area contributed by atoms with Crippen molar-refractivity contribution in [1.29, 1.82) is 0 Å². The van der Waals surface area contributed by atoms with Crippen molar-refractivity contribution in [2.45, 2.75) is 26.1 Å². The number of rotatable bonds is 2. The predicted octanol–water partition coefficient (Wildman–Crippen LogP) is 3.63. The van der Waals surface area contributed by atoms with E-state index in [1.807, 2.05) is 0 Å². The average Bonchev–Trinajstić information content (AvgIpc) is 2.15. The first-order chi connectivity index (χ1) is 7.80. The first-order valence-corrected chi connectivity index (χ1v) is 4.85. The summed E-state index contributed by atoms with van der Waals surface area (Å²) in [5, 5.41) is 0. The highest BCUT2D eigenvalue weighted by Crippen LogP contribution is 2.35. The van der Waals surface area contributed by atoms with Gasteiger partial charge in [-0.3, -0.25) is 0 Å². The second kappa shape index (κ2) is 5.07. The zero-order valence-electron chi connectivity index (χ0n) is 9.25.